The van der Waals surface area contributed by atoms with Crippen LogP contribution >= 0.6 is 35.0 Å². The highest BCUT2D eigenvalue weighted by Gasteiger charge is 2.05. The van der Waals surface area contributed by atoms with Crippen LogP contribution in [0, 0.1) is 0 Å². The van der Waals surface area contributed by atoms with Crippen LogP contribution in [-0.2, 0) is 9.59 Å². The first kappa shape index (κ1) is 19.6. The van der Waals surface area contributed by atoms with Gasteiger partial charge in [-0.1, -0.05) is 23.2 Å². The molecule has 2 aromatic carbocycles. The summed E-state index contributed by atoms with van der Waals surface area (Å²) in [6, 6.07) is 13.9. The zero-order valence-corrected chi connectivity index (χ0v) is 15.8. The van der Waals surface area contributed by atoms with Crippen molar-refractivity contribution in [1.29, 1.82) is 0 Å². The van der Waals surface area contributed by atoms with Crippen LogP contribution in [0.4, 0.5) is 11.4 Å². The second kappa shape index (κ2) is 10.3. The first-order valence-electron chi connectivity index (χ1n) is 7.71. The van der Waals surface area contributed by atoms with Crippen LogP contribution in [0.25, 0.3) is 0 Å². The summed E-state index contributed by atoms with van der Waals surface area (Å²) >= 11 is 13.2. The molecule has 0 saturated heterocycles. The van der Waals surface area contributed by atoms with Crippen molar-refractivity contribution >= 4 is 58.2 Å². The van der Waals surface area contributed by atoms with Gasteiger partial charge in [0.1, 0.15) is 0 Å². The van der Waals surface area contributed by atoms with Gasteiger partial charge in [0.2, 0.25) is 11.8 Å². The molecule has 2 amide bonds. The number of carbonyl (C=O) groups is 2. The van der Waals surface area contributed by atoms with Crippen molar-refractivity contribution in [3.05, 3.63) is 58.6 Å². The molecule has 0 aliphatic heterocycles. The molecule has 0 aliphatic rings. The number of thioether (sulfide) groups is 1. The normalized spacial score (nSPS) is 10.3. The number of anilines is 2. The number of rotatable bonds is 8. The standard InChI is InChI=1S/C18H18Cl2N2O2S/c19-13-1-5-15(6-2-13)21-17(23)9-11-25-12-10-18(24)22-16-7-3-14(20)4-8-16/h1-8H,9-12H2,(H,21,23)(H,22,24). The molecule has 0 aliphatic carbocycles. The maximum absolute atomic E-state index is 11.8. The molecule has 132 valence electrons. The maximum atomic E-state index is 11.8. The highest BCUT2D eigenvalue weighted by molar-refractivity contribution is 7.99. The predicted molar refractivity (Wildman–Crippen MR) is 107 cm³/mol. The topological polar surface area (TPSA) is 58.2 Å². The van der Waals surface area contributed by atoms with E-state index in [9.17, 15) is 9.59 Å². The Morgan fingerprint density at radius 3 is 1.44 bits per heavy atom. The van der Waals surface area contributed by atoms with Crippen molar-refractivity contribution in [2.75, 3.05) is 22.1 Å². The number of carbonyl (C=O) groups excluding carboxylic acids is 2. The molecular formula is C18H18Cl2N2O2S. The summed E-state index contributed by atoms with van der Waals surface area (Å²) in [6.45, 7) is 0. The molecule has 2 N–H and O–H groups in total. The molecule has 0 fully saturated rings. The Bertz CT molecular complexity index is 645. The van der Waals surface area contributed by atoms with Crippen molar-refractivity contribution < 1.29 is 9.59 Å². The third-order valence-corrected chi connectivity index (χ3v) is 4.69. The van der Waals surface area contributed by atoms with Crippen LogP contribution in [0.5, 0.6) is 0 Å². The van der Waals surface area contributed by atoms with Crippen molar-refractivity contribution in [1.82, 2.24) is 0 Å². The molecule has 25 heavy (non-hydrogen) atoms. The lowest BCUT2D eigenvalue weighted by atomic mass is 10.3. The van der Waals surface area contributed by atoms with Crippen LogP contribution in [0.15, 0.2) is 48.5 Å². The highest BCUT2D eigenvalue weighted by Crippen LogP contribution is 2.15. The first-order valence-corrected chi connectivity index (χ1v) is 9.62. The van der Waals surface area contributed by atoms with Crippen LogP contribution in [0.3, 0.4) is 0 Å². The van der Waals surface area contributed by atoms with Crippen molar-refractivity contribution in [2.45, 2.75) is 12.8 Å². The van der Waals surface area contributed by atoms with Gasteiger partial charge >= 0.3 is 0 Å². The zero-order chi connectivity index (χ0) is 18.1. The zero-order valence-electron chi connectivity index (χ0n) is 13.4. The van der Waals surface area contributed by atoms with Gasteiger partial charge in [-0.2, -0.15) is 11.8 Å². The van der Waals surface area contributed by atoms with E-state index in [1.165, 1.54) is 0 Å². The molecule has 4 nitrogen and oxygen atoms in total. The molecule has 2 aromatic rings. The number of nitrogens with one attached hydrogen (secondary N) is 2. The highest BCUT2D eigenvalue weighted by atomic mass is 35.5. The molecular weight excluding hydrogens is 379 g/mol. The number of hydrogen-bond acceptors (Lipinski definition) is 3. The minimum Gasteiger partial charge on any atom is -0.326 e. The molecule has 0 atom stereocenters. The Balaban J connectivity index is 1.57. The Kier molecular flexibility index (Phi) is 8.12. The van der Waals surface area contributed by atoms with Crippen molar-refractivity contribution in [2.24, 2.45) is 0 Å². The van der Waals surface area contributed by atoms with E-state index < -0.39 is 0 Å². The second-order valence-corrected chi connectivity index (χ2v) is 7.32. The van der Waals surface area contributed by atoms with Gasteiger partial charge in [-0.05, 0) is 48.5 Å². The lowest BCUT2D eigenvalue weighted by molar-refractivity contribution is -0.116. The molecule has 2 rings (SSSR count). The summed E-state index contributed by atoms with van der Waals surface area (Å²) in [5, 5.41) is 6.87. The Morgan fingerprint density at radius 2 is 1.08 bits per heavy atom. The van der Waals surface area contributed by atoms with E-state index in [4.69, 9.17) is 23.2 Å². The third kappa shape index (κ3) is 7.82. The van der Waals surface area contributed by atoms with Gasteiger partial charge in [0.15, 0.2) is 0 Å². The minimum absolute atomic E-state index is 0.0551. The summed E-state index contributed by atoms with van der Waals surface area (Å²) in [5.74, 6) is 1.21. The first-order chi connectivity index (χ1) is 12.0. The molecule has 0 radical (unpaired) electrons. The summed E-state index contributed by atoms with van der Waals surface area (Å²) < 4.78 is 0. The van der Waals surface area contributed by atoms with Gasteiger partial charge < -0.3 is 10.6 Å². The van der Waals surface area contributed by atoms with E-state index in [-0.39, 0.29) is 11.8 Å². The fourth-order valence-corrected chi connectivity index (χ4v) is 3.06. The summed E-state index contributed by atoms with van der Waals surface area (Å²) in [6.07, 6.45) is 0.790. The molecule has 0 heterocycles. The number of halogens is 2. The fraction of sp³-hybridized carbons (Fsp3) is 0.222. The van der Waals surface area contributed by atoms with E-state index in [0.29, 0.717) is 34.4 Å². The summed E-state index contributed by atoms with van der Waals surface area (Å²) in [5.41, 5.74) is 1.45. The molecule has 0 saturated carbocycles. The smallest absolute Gasteiger partial charge is 0.225 e. The Hall–Kier alpha value is -1.69. The van der Waals surface area contributed by atoms with E-state index in [0.717, 1.165) is 11.4 Å². The molecule has 0 unspecified atom stereocenters. The maximum Gasteiger partial charge on any atom is 0.225 e. The predicted octanol–water partition coefficient (Wildman–Crippen LogP) is 5.08. The molecule has 0 spiro atoms. The number of hydrogen-bond donors (Lipinski definition) is 2. The van der Waals surface area contributed by atoms with Gasteiger partial charge in [-0.15, -0.1) is 0 Å². The van der Waals surface area contributed by atoms with Gasteiger partial charge in [-0.25, -0.2) is 0 Å². The average Bonchev–Trinajstić information content (AvgIpc) is 2.59. The third-order valence-electron chi connectivity index (χ3n) is 3.20. The average molecular weight is 397 g/mol. The Labute approximate surface area is 161 Å². The quantitative estimate of drug-likeness (QED) is 0.611. The van der Waals surface area contributed by atoms with E-state index >= 15 is 0 Å². The lowest BCUT2D eigenvalue weighted by Gasteiger charge is -2.06. The van der Waals surface area contributed by atoms with Crippen LogP contribution < -0.4 is 10.6 Å². The monoisotopic (exact) mass is 396 g/mol. The van der Waals surface area contributed by atoms with E-state index in [1.54, 1.807) is 60.3 Å². The van der Waals surface area contributed by atoms with E-state index in [2.05, 4.69) is 10.6 Å². The van der Waals surface area contributed by atoms with Gasteiger partial charge in [0.05, 0.1) is 0 Å². The number of benzene rings is 2. The molecule has 0 bridgehead atoms. The molecule has 0 aromatic heterocycles. The van der Waals surface area contributed by atoms with Crippen LogP contribution in [-0.4, -0.2) is 23.3 Å². The second-order valence-electron chi connectivity index (χ2n) is 5.22. The Morgan fingerprint density at radius 1 is 0.720 bits per heavy atom. The summed E-state index contributed by atoms with van der Waals surface area (Å²) in [7, 11) is 0. The van der Waals surface area contributed by atoms with Gasteiger partial charge in [0.25, 0.3) is 0 Å². The van der Waals surface area contributed by atoms with Gasteiger partial charge in [0, 0.05) is 45.8 Å². The fourth-order valence-electron chi connectivity index (χ4n) is 1.95. The SMILES string of the molecule is O=C(CCSCCC(=O)Nc1ccc(Cl)cc1)Nc1ccc(Cl)cc1. The number of amides is 2. The summed E-state index contributed by atoms with van der Waals surface area (Å²) in [4.78, 5) is 23.6. The van der Waals surface area contributed by atoms with Gasteiger partial charge in [-0.3, -0.25) is 9.59 Å². The molecule has 7 heteroatoms. The van der Waals surface area contributed by atoms with Crippen molar-refractivity contribution in [3.8, 4) is 0 Å². The van der Waals surface area contributed by atoms with Crippen LogP contribution in [0.1, 0.15) is 12.8 Å². The van der Waals surface area contributed by atoms with E-state index in [1.807, 2.05) is 0 Å². The minimum atomic E-state index is -0.0551. The lowest BCUT2D eigenvalue weighted by Crippen LogP contribution is -2.13. The largest absolute Gasteiger partial charge is 0.326 e. The van der Waals surface area contributed by atoms with Crippen molar-refractivity contribution in [3.63, 3.8) is 0 Å². The van der Waals surface area contributed by atoms with Crippen LogP contribution in [0.2, 0.25) is 10.0 Å².